The van der Waals surface area contributed by atoms with Crippen LogP contribution in [0.1, 0.15) is 5.56 Å². The van der Waals surface area contributed by atoms with Gasteiger partial charge in [-0.05, 0) is 24.3 Å². The van der Waals surface area contributed by atoms with Crippen LogP contribution in [0.5, 0.6) is 5.75 Å². The molecule has 0 unspecified atom stereocenters. The normalized spacial score (nSPS) is 10.2. The zero-order chi connectivity index (χ0) is 15.2. The summed E-state index contributed by atoms with van der Waals surface area (Å²) >= 11 is 3.12. The van der Waals surface area contributed by atoms with Crippen LogP contribution in [-0.2, 0) is 11.3 Å². The van der Waals surface area contributed by atoms with E-state index in [2.05, 4.69) is 21.2 Å². The number of halogens is 3. The highest BCUT2D eigenvalue weighted by Gasteiger charge is 2.08. The molecule has 6 heteroatoms. The second-order valence-corrected chi connectivity index (χ2v) is 5.15. The van der Waals surface area contributed by atoms with Crippen molar-refractivity contribution >= 4 is 21.8 Å². The van der Waals surface area contributed by atoms with E-state index < -0.39 is 17.5 Å². The fourth-order valence-corrected chi connectivity index (χ4v) is 1.96. The lowest BCUT2D eigenvalue weighted by Gasteiger charge is -2.09. The topological polar surface area (TPSA) is 38.3 Å². The summed E-state index contributed by atoms with van der Waals surface area (Å²) < 4.78 is 32.5. The zero-order valence-electron chi connectivity index (χ0n) is 10.9. The number of carbonyl (C=O) groups is 1. The summed E-state index contributed by atoms with van der Waals surface area (Å²) in [4.78, 5) is 11.6. The Morgan fingerprint density at radius 1 is 1.14 bits per heavy atom. The smallest absolute Gasteiger partial charge is 0.258 e. The molecule has 3 nitrogen and oxygen atoms in total. The molecule has 0 aliphatic heterocycles. The van der Waals surface area contributed by atoms with Gasteiger partial charge in [0.1, 0.15) is 5.82 Å². The zero-order valence-corrected chi connectivity index (χ0v) is 12.5. The van der Waals surface area contributed by atoms with Gasteiger partial charge in [0.25, 0.3) is 5.91 Å². The number of nitrogens with one attached hydrogen (secondary N) is 1. The van der Waals surface area contributed by atoms with Crippen molar-refractivity contribution in [1.29, 1.82) is 0 Å². The van der Waals surface area contributed by atoms with Crippen molar-refractivity contribution in [2.75, 3.05) is 6.61 Å². The van der Waals surface area contributed by atoms with E-state index in [0.29, 0.717) is 10.0 Å². The van der Waals surface area contributed by atoms with Crippen LogP contribution in [0.25, 0.3) is 0 Å². The highest BCUT2D eigenvalue weighted by atomic mass is 79.9. The maximum Gasteiger partial charge on any atom is 0.258 e. The fraction of sp³-hybridized carbons (Fsp3) is 0.133. The molecule has 0 saturated carbocycles. The number of amides is 1. The molecular weight excluding hydrogens is 344 g/mol. The Hall–Kier alpha value is -1.95. The average molecular weight is 356 g/mol. The molecule has 0 spiro atoms. The lowest BCUT2D eigenvalue weighted by molar-refractivity contribution is -0.123. The minimum atomic E-state index is -0.564. The maximum atomic E-state index is 13.5. The Morgan fingerprint density at radius 2 is 1.90 bits per heavy atom. The van der Waals surface area contributed by atoms with Gasteiger partial charge in [-0.3, -0.25) is 4.79 Å². The van der Waals surface area contributed by atoms with Crippen molar-refractivity contribution < 1.29 is 18.3 Å². The van der Waals surface area contributed by atoms with Crippen LogP contribution >= 0.6 is 15.9 Å². The Balaban J connectivity index is 1.84. The molecule has 2 aromatic carbocycles. The van der Waals surface area contributed by atoms with Gasteiger partial charge in [0, 0.05) is 16.6 Å². The van der Waals surface area contributed by atoms with Crippen LogP contribution in [-0.4, -0.2) is 12.5 Å². The summed E-state index contributed by atoms with van der Waals surface area (Å²) in [5, 5.41) is 2.51. The van der Waals surface area contributed by atoms with Gasteiger partial charge in [-0.1, -0.05) is 34.1 Å². The van der Waals surface area contributed by atoms with E-state index >= 15 is 0 Å². The summed E-state index contributed by atoms with van der Waals surface area (Å²) in [5.74, 6) is -1.43. The first kappa shape index (κ1) is 15.4. The Labute approximate surface area is 129 Å². The van der Waals surface area contributed by atoms with Gasteiger partial charge >= 0.3 is 0 Å². The van der Waals surface area contributed by atoms with Crippen molar-refractivity contribution in [2.45, 2.75) is 6.54 Å². The summed E-state index contributed by atoms with van der Waals surface area (Å²) in [6.45, 7) is -0.287. The molecule has 21 heavy (non-hydrogen) atoms. The van der Waals surface area contributed by atoms with E-state index in [1.807, 2.05) is 0 Å². The minimum absolute atomic E-state index is 0.0146. The molecule has 0 aromatic heterocycles. The predicted molar refractivity (Wildman–Crippen MR) is 77.8 cm³/mol. The van der Waals surface area contributed by atoms with E-state index in [1.54, 1.807) is 24.3 Å². The number of carbonyl (C=O) groups excluding carboxylic acids is 1. The Morgan fingerprint density at radius 3 is 2.62 bits per heavy atom. The third-order valence-corrected chi connectivity index (χ3v) is 3.18. The standard InChI is InChI=1S/C15H12BrF2NO2/c16-11-5-6-14(13(18)7-11)21-9-15(20)19-8-10-3-1-2-4-12(10)17/h1-7H,8-9H2,(H,19,20). The van der Waals surface area contributed by atoms with E-state index in [9.17, 15) is 13.6 Å². The van der Waals surface area contributed by atoms with Gasteiger partial charge in [-0.15, -0.1) is 0 Å². The highest BCUT2D eigenvalue weighted by Crippen LogP contribution is 2.21. The molecule has 0 atom stereocenters. The molecule has 0 saturated heterocycles. The first-order chi connectivity index (χ1) is 10.1. The first-order valence-corrected chi connectivity index (χ1v) is 6.93. The predicted octanol–water partition coefficient (Wildman–Crippen LogP) is 3.42. The minimum Gasteiger partial charge on any atom is -0.481 e. The van der Waals surface area contributed by atoms with Crippen LogP contribution in [0.2, 0.25) is 0 Å². The summed E-state index contributed by atoms with van der Waals surface area (Å²) in [5.41, 5.74) is 0.376. The molecule has 0 aliphatic carbocycles. The van der Waals surface area contributed by atoms with E-state index in [0.717, 1.165) is 0 Å². The van der Waals surface area contributed by atoms with Gasteiger partial charge in [0.2, 0.25) is 0 Å². The second kappa shape index (κ2) is 7.17. The molecular formula is C15H12BrF2NO2. The Kier molecular flexibility index (Phi) is 5.27. The van der Waals surface area contributed by atoms with Gasteiger partial charge in [0.05, 0.1) is 0 Å². The van der Waals surface area contributed by atoms with Gasteiger partial charge < -0.3 is 10.1 Å². The molecule has 2 aromatic rings. The van der Waals surface area contributed by atoms with Crippen molar-refractivity contribution in [3.8, 4) is 5.75 Å². The van der Waals surface area contributed by atoms with Crippen molar-refractivity contribution in [1.82, 2.24) is 5.32 Å². The van der Waals surface area contributed by atoms with Crippen LogP contribution in [0, 0.1) is 11.6 Å². The average Bonchev–Trinajstić information content (AvgIpc) is 2.45. The molecule has 0 heterocycles. The number of benzene rings is 2. The Bertz CT molecular complexity index is 649. The van der Waals surface area contributed by atoms with Crippen LogP contribution < -0.4 is 10.1 Å². The van der Waals surface area contributed by atoms with Gasteiger partial charge in [-0.25, -0.2) is 8.78 Å². The lowest BCUT2D eigenvalue weighted by Crippen LogP contribution is -2.28. The third-order valence-electron chi connectivity index (χ3n) is 2.69. The molecule has 0 aliphatic rings. The van der Waals surface area contributed by atoms with Crippen molar-refractivity contribution in [3.05, 3.63) is 64.1 Å². The molecule has 0 bridgehead atoms. The number of ether oxygens (including phenoxy) is 1. The second-order valence-electron chi connectivity index (χ2n) is 4.23. The number of hydrogen-bond donors (Lipinski definition) is 1. The summed E-state index contributed by atoms with van der Waals surface area (Å²) in [6.07, 6.45) is 0. The van der Waals surface area contributed by atoms with Crippen LogP contribution in [0.4, 0.5) is 8.78 Å². The molecule has 1 N–H and O–H groups in total. The van der Waals surface area contributed by atoms with E-state index in [4.69, 9.17) is 4.74 Å². The first-order valence-electron chi connectivity index (χ1n) is 6.14. The fourth-order valence-electron chi connectivity index (χ4n) is 1.62. The quantitative estimate of drug-likeness (QED) is 0.892. The van der Waals surface area contributed by atoms with E-state index in [1.165, 1.54) is 18.2 Å². The monoisotopic (exact) mass is 355 g/mol. The maximum absolute atomic E-state index is 13.5. The largest absolute Gasteiger partial charge is 0.481 e. The molecule has 1 amide bonds. The number of rotatable bonds is 5. The van der Waals surface area contributed by atoms with Crippen molar-refractivity contribution in [2.24, 2.45) is 0 Å². The van der Waals surface area contributed by atoms with Gasteiger partial charge in [-0.2, -0.15) is 0 Å². The summed E-state index contributed by atoms with van der Waals surface area (Å²) in [6, 6.07) is 10.4. The lowest BCUT2D eigenvalue weighted by atomic mass is 10.2. The molecule has 2 rings (SSSR count). The SMILES string of the molecule is O=C(COc1ccc(Br)cc1F)NCc1ccccc1F. The van der Waals surface area contributed by atoms with Crippen LogP contribution in [0.15, 0.2) is 46.9 Å². The van der Waals surface area contributed by atoms with E-state index in [-0.39, 0.29) is 18.9 Å². The highest BCUT2D eigenvalue weighted by molar-refractivity contribution is 9.10. The van der Waals surface area contributed by atoms with Gasteiger partial charge in [0.15, 0.2) is 18.2 Å². The molecule has 0 radical (unpaired) electrons. The van der Waals surface area contributed by atoms with Crippen molar-refractivity contribution in [3.63, 3.8) is 0 Å². The molecule has 0 fully saturated rings. The van der Waals surface area contributed by atoms with Crippen LogP contribution in [0.3, 0.4) is 0 Å². The third kappa shape index (κ3) is 4.53. The summed E-state index contributed by atoms with van der Waals surface area (Å²) in [7, 11) is 0. The molecule has 110 valence electrons. The number of hydrogen-bond acceptors (Lipinski definition) is 2.